The van der Waals surface area contributed by atoms with E-state index in [-0.39, 0.29) is 5.56 Å². The Bertz CT molecular complexity index is 1460. The molecule has 3 aromatic heterocycles. The molecule has 0 saturated carbocycles. The number of benzene rings is 2. The molecular weight excluding hydrogens is 398 g/mol. The van der Waals surface area contributed by atoms with Gasteiger partial charge in [-0.15, -0.1) is 10.2 Å². The zero-order valence-electron chi connectivity index (χ0n) is 16.8. The van der Waals surface area contributed by atoms with Gasteiger partial charge in [-0.05, 0) is 44.5 Å². The van der Waals surface area contributed by atoms with Crippen molar-refractivity contribution in [2.24, 2.45) is 0 Å². The highest BCUT2D eigenvalue weighted by Gasteiger charge is 2.19. The zero-order valence-corrected chi connectivity index (χ0v) is 17.6. The van der Waals surface area contributed by atoms with Gasteiger partial charge in [-0.1, -0.05) is 46.7 Å². The van der Waals surface area contributed by atoms with Crippen molar-refractivity contribution in [3.05, 3.63) is 81.5 Å². The summed E-state index contributed by atoms with van der Waals surface area (Å²) in [4.78, 5) is 13.4. The summed E-state index contributed by atoms with van der Waals surface area (Å²) in [5.41, 5.74) is 4.45. The van der Waals surface area contributed by atoms with Crippen molar-refractivity contribution in [1.29, 1.82) is 0 Å². The van der Waals surface area contributed by atoms with E-state index < -0.39 is 0 Å². The SMILES string of the molecule is Cc1ccc(-n2c(=O)c3ccccc3n3c(SCc4cc(C)no4)nnc23)c(C)c1. The zero-order chi connectivity index (χ0) is 20.8. The molecule has 3 heterocycles. The summed E-state index contributed by atoms with van der Waals surface area (Å²) in [6.45, 7) is 5.92. The molecule has 0 spiro atoms. The fourth-order valence-corrected chi connectivity index (χ4v) is 4.48. The van der Waals surface area contributed by atoms with Gasteiger partial charge >= 0.3 is 0 Å². The number of hydrogen-bond donors (Lipinski definition) is 0. The Hall–Kier alpha value is -3.39. The molecule has 0 bridgehead atoms. The minimum Gasteiger partial charge on any atom is -0.360 e. The van der Waals surface area contributed by atoms with Gasteiger partial charge in [-0.2, -0.15) is 0 Å². The highest BCUT2D eigenvalue weighted by atomic mass is 32.2. The van der Waals surface area contributed by atoms with Gasteiger partial charge in [0.15, 0.2) is 5.16 Å². The van der Waals surface area contributed by atoms with Crippen LogP contribution in [-0.2, 0) is 5.75 Å². The van der Waals surface area contributed by atoms with Crippen LogP contribution in [-0.4, -0.2) is 24.3 Å². The molecule has 30 heavy (non-hydrogen) atoms. The average molecular weight is 417 g/mol. The normalized spacial score (nSPS) is 11.6. The molecule has 2 aromatic carbocycles. The van der Waals surface area contributed by atoms with Crippen molar-refractivity contribution in [2.75, 3.05) is 0 Å². The lowest BCUT2D eigenvalue weighted by atomic mass is 10.1. The van der Waals surface area contributed by atoms with Crippen molar-refractivity contribution in [3.63, 3.8) is 0 Å². The Morgan fingerprint density at radius 3 is 2.63 bits per heavy atom. The van der Waals surface area contributed by atoms with Crippen molar-refractivity contribution < 1.29 is 4.52 Å². The largest absolute Gasteiger partial charge is 0.360 e. The lowest BCUT2D eigenvalue weighted by Gasteiger charge is -2.13. The molecule has 8 heteroatoms. The van der Waals surface area contributed by atoms with Crippen molar-refractivity contribution in [2.45, 2.75) is 31.7 Å². The smallest absolute Gasteiger partial charge is 0.267 e. The van der Waals surface area contributed by atoms with Crippen LogP contribution in [0.4, 0.5) is 0 Å². The van der Waals surface area contributed by atoms with E-state index >= 15 is 0 Å². The number of fused-ring (bicyclic) bond motifs is 3. The van der Waals surface area contributed by atoms with Crippen LogP contribution in [0.15, 0.2) is 63.0 Å². The Labute approximate surface area is 176 Å². The minimum absolute atomic E-state index is 0.111. The maximum absolute atomic E-state index is 13.4. The van der Waals surface area contributed by atoms with E-state index in [2.05, 4.69) is 21.4 Å². The first-order valence-electron chi connectivity index (χ1n) is 9.54. The molecule has 0 radical (unpaired) electrons. The first-order chi connectivity index (χ1) is 14.5. The van der Waals surface area contributed by atoms with E-state index in [0.29, 0.717) is 22.1 Å². The summed E-state index contributed by atoms with van der Waals surface area (Å²) < 4.78 is 8.90. The van der Waals surface area contributed by atoms with Crippen LogP contribution in [0.3, 0.4) is 0 Å². The molecule has 0 aliphatic carbocycles. The third-order valence-electron chi connectivity index (χ3n) is 5.01. The fraction of sp³-hybridized carbons (Fsp3) is 0.182. The number of para-hydroxylation sites is 1. The Kier molecular flexibility index (Phi) is 4.43. The van der Waals surface area contributed by atoms with Crippen LogP contribution in [0.5, 0.6) is 0 Å². The van der Waals surface area contributed by atoms with Crippen LogP contribution in [0, 0.1) is 20.8 Å². The molecular formula is C22H19N5O2S. The predicted molar refractivity (Wildman–Crippen MR) is 116 cm³/mol. The van der Waals surface area contributed by atoms with E-state index in [1.165, 1.54) is 11.8 Å². The summed E-state index contributed by atoms with van der Waals surface area (Å²) in [7, 11) is 0. The second-order valence-corrected chi connectivity index (χ2v) is 8.23. The predicted octanol–water partition coefficient (Wildman–Crippen LogP) is 4.24. The van der Waals surface area contributed by atoms with Crippen molar-refractivity contribution in [1.82, 2.24) is 24.3 Å². The highest BCUT2D eigenvalue weighted by molar-refractivity contribution is 7.98. The third kappa shape index (κ3) is 3.00. The first-order valence-corrected chi connectivity index (χ1v) is 10.5. The Morgan fingerprint density at radius 2 is 1.87 bits per heavy atom. The minimum atomic E-state index is -0.111. The average Bonchev–Trinajstić information content (AvgIpc) is 3.34. The summed E-state index contributed by atoms with van der Waals surface area (Å²) in [5, 5.41) is 14.0. The maximum Gasteiger partial charge on any atom is 0.267 e. The first kappa shape index (κ1) is 18.6. The quantitative estimate of drug-likeness (QED) is 0.407. The van der Waals surface area contributed by atoms with Gasteiger partial charge in [0.1, 0.15) is 5.76 Å². The van der Waals surface area contributed by atoms with Crippen molar-refractivity contribution in [3.8, 4) is 5.69 Å². The van der Waals surface area contributed by atoms with Gasteiger partial charge in [0, 0.05) is 6.07 Å². The second kappa shape index (κ2) is 7.14. The molecule has 0 N–H and O–H groups in total. The monoisotopic (exact) mass is 417 g/mol. The number of rotatable bonds is 4. The van der Waals surface area contributed by atoms with E-state index in [1.807, 2.05) is 67.6 Å². The van der Waals surface area contributed by atoms with Gasteiger partial charge in [0.2, 0.25) is 5.78 Å². The fourth-order valence-electron chi connectivity index (χ4n) is 3.67. The number of hydrogen-bond acceptors (Lipinski definition) is 6. The molecule has 0 saturated heterocycles. The van der Waals surface area contributed by atoms with E-state index in [9.17, 15) is 4.79 Å². The molecule has 0 aliphatic heterocycles. The van der Waals surface area contributed by atoms with Crippen LogP contribution < -0.4 is 5.56 Å². The summed E-state index contributed by atoms with van der Waals surface area (Å²) >= 11 is 1.49. The van der Waals surface area contributed by atoms with E-state index in [4.69, 9.17) is 4.52 Å². The molecule has 150 valence electrons. The number of aryl methyl sites for hydroxylation is 3. The number of aromatic nitrogens is 5. The maximum atomic E-state index is 13.4. The van der Waals surface area contributed by atoms with Gasteiger partial charge in [0.25, 0.3) is 5.56 Å². The van der Waals surface area contributed by atoms with Crippen LogP contribution in [0.25, 0.3) is 22.4 Å². The molecule has 0 fully saturated rings. The second-order valence-electron chi connectivity index (χ2n) is 7.29. The van der Waals surface area contributed by atoms with Crippen LogP contribution in [0.1, 0.15) is 22.6 Å². The molecule has 0 aliphatic rings. The van der Waals surface area contributed by atoms with Crippen LogP contribution >= 0.6 is 11.8 Å². The topological polar surface area (TPSA) is 78.2 Å². The van der Waals surface area contributed by atoms with Crippen molar-refractivity contribution >= 4 is 28.4 Å². The van der Waals surface area contributed by atoms with Gasteiger partial charge in [-0.25, -0.2) is 4.57 Å². The van der Waals surface area contributed by atoms with Gasteiger partial charge in [-0.3, -0.25) is 9.20 Å². The summed E-state index contributed by atoms with van der Waals surface area (Å²) in [6, 6.07) is 15.5. The highest BCUT2D eigenvalue weighted by Crippen LogP contribution is 2.26. The molecule has 5 rings (SSSR count). The third-order valence-corrected chi connectivity index (χ3v) is 5.96. The standard InChI is InChI=1S/C22H19N5O2S/c1-13-8-9-18(14(2)10-13)26-20(28)17-6-4-5-7-19(17)27-21(26)23-24-22(27)30-12-16-11-15(3)25-29-16/h4-11H,12H2,1-3H3. The molecule has 0 unspecified atom stereocenters. The number of thioether (sulfide) groups is 1. The van der Waals surface area contributed by atoms with E-state index in [1.54, 1.807) is 4.57 Å². The molecule has 7 nitrogen and oxygen atoms in total. The summed E-state index contributed by atoms with van der Waals surface area (Å²) in [6.07, 6.45) is 0. The lowest BCUT2D eigenvalue weighted by molar-refractivity contribution is 0.391. The molecule has 0 atom stereocenters. The number of nitrogens with zero attached hydrogens (tertiary/aromatic N) is 5. The molecule has 0 amide bonds. The summed E-state index contributed by atoms with van der Waals surface area (Å²) in [5.74, 6) is 1.82. The Balaban J connectivity index is 1.75. The van der Waals surface area contributed by atoms with Gasteiger partial charge in [0.05, 0.1) is 28.0 Å². The lowest BCUT2D eigenvalue weighted by Crippen LogP contribution is -2.22. The van der Waals surface area contributed by atoms with Gasteiger partial charge < -0.3 is 4.52 Å². The van der Waals surface area contributed by atoms with Crippen LogP contribution in [0.2, 0.25) is 0 Å². The Morgan fingerprint density at radius 1 is 1.03 bits per heavy atom. The van der Waals surface area contributed by atoms with E-state index in [0.717, 1.165) is 33.8 Å². The molecule has 5 aromatic rings.